The van der Waals surface area contributed by atoms with Crippen molar-refractivity contribution in [3.63, 3.8) is 0 Å². The Kier molecular flexibility index (Phi) is 4.14. The van der Waals surface area contributed by atoms with Crippen LogP contribution in [0.4, 0.5) is 0 Å². The summed E-state index contributed by atoms with van der Waals surface area (Å²) in [6.45, 7) is 6.98. The summed E-state index contributed by atoms with van der Waals surface area (Å²) in [5, 5.41) is 2.46. The zero-order chi connectivity index (χ0) is 8.85. The number of aliphatic imine (C=N–C) groups is 1. The third-order valence-electron chi connectivity index (χ3n) is 0.934. The summed E-state index contributed by atoms with van der Waals surface area (Å²) in [5.41, 5.74) is 0. The first-order valence-corrected chi connectivity index (χ1v) is 3.16. The van der Waals surface area contributed by atoms with Gasteiger partial charge in [-0.3, -0.25) is 4.79 Å². The SMILES string of the molecule is C=NC(=C)NC(=O)CN(C)C. The van der Waals surface area contributed by atoms with Crippen LogP contribution in [0.1, 0.15) is 0 Å². The van der Waals surface area contributed by atoms with Crippen LogP contribution < -0.4 is 5.32 Å². The molecule has 0 spiro atoms. The van der Waals surface area contributed by atoms with E-state index < -0.39 is 0 Å². The molecule has 0 aliphatic heterocycles. The Balaban J connectivity index is 3.69. The third kappa shape index (κ3) is 5.29. The van der Waals surface area contributed by atoms with Crippen molar-refractivity contribution in [2.24, 2.45) is 4.99 Å². The maximum atomic E-state index is 10.9. The van der Waals surface area contributed by atoms with E-state index in [-0.39, 0.29) is 11.7 Å². The first-order chi connectivity index (χ1) is 5.06. The van der Waals surface area contributed by atoms with Gasteiger partial charge in [0.15, 0.2) is 0 Å². The summed E-state index contributed by atoms with van der Waals surface area (Å²) in [6.07, 6.45) is 0. The molecule has 0 rings (SSSR count). The van der Waals surface area contributed by atoms with E-state index in [1.54, 1.807) is 4.90 Å². The number of amides is 1. The van der Waals surface area contributed by atoms with Gasteiger partial charge >= 0.3 is 0 Å². The molecule has 0 aromatic rings. The summed E-state index contributed by atoms with van der Waals surface area (Å²) >= 11 is 0. The molecule has 0 unspecified atom stereocenters. The van der Waals surface area contributed by atoms with Gasteiger partial charge in [-0.15, -0.1) is 0 Å². The highest BCUT2D eigenvalue weighted by Gasteiger charge is 2.01. The molecule has 0 aromatic heterocycles. The molecule has 4 nitrogen and oxygen atoms in total. The molecule has 0 fully saturated rings. The summed E-state index contributed by atoms with van der Waals surface area (Å²) in [5.74, 6) is 0.157. The second-order valence-corrected chi connectivity index (χ2v) is 2.39. The molecule has 0 atom stereocenters. The van der Waals surface area contributed by atoms with Crippen LogP contribution in [0.2, 0.25) is 0 Å². The molecule has 11 heavy (non-hydrogen) atoms. The van der Waals surface area contributed by atoms with Crippen molar-refractivity contribution in [3.05, 3.63) is 12.4 Å². The quantitative estimate of drug-likeness (QED) is 0.573. The maximum absolute atomic E-state index is 10.9. The summed E-state index contributed by atoms with van der Waals surface area (Å²) in [6, 6.07) is 0. The molecule has 0 bridgehead atoms. The van der Waals surface area contributed by atoms with Crippen molar-refractivity contribution in [2.75, 3.05) is 20.6 Å². The number of nitrogens with one attached hydrogen (secondary N) is 1. The first kappa shape index (κ1) is 9.84. The zero-order valence-corrected chi connectivity index (χ0v) is 6.92. The highest BCUT2D eigenvalue weighted by atomic mass is 16.2. The molecule has 4 heteroatoms. The highest BCUT2D eigenvalue weighted by molar-refractivity contribution is 5.79. The summed E-state index contributed by atoms with van der Waals surface area (Å²) < 4.78 is 0. The Labute approximate surface area is 66.6 Å². The predicted molar refractivity (Wildman–Crippen MR) is 45.4 cm³/mol. The Morgan fingerprint density at radius 2 is 2.18 bits per heavy atom. The van der Waals surface area contributed by atoms with Gasteiger partial charge in [-0.2, -0.15) is 0 Å². The van der Waals surface area contributed by atoms with Gasteiger partial charge < -0.3 is 10.2 Å². The first-order valence-electron chi connectivity index (χ1n) is 3.16. The third-order valence-corrected chi connectivity index (χ3v) is 0.934. The fourth-order valence-corrected chi connectivity index (χ4v) is 0.527. The molecular weight excluding hydrogens is 142 g/mol. The molecule has 0 heterocycles. The molecule has 0 aliphatic rings. The predicted octanol–water partition coefficient (Wildman–Crippen LogP) is -0.164. The van der Waals surface area contributed by atoms with Gasteiger partial charge in [0.1, 0.15) is 5.82 Å². The van der Waals surface area contributed by atoms with Crippen molar-refractivity contribution in [1.29, 1.82) is 0 Å². The van der Waals surface area contributed by atoms with Crippen LogP contribution in [-0.4, -0.2) is 38.2 Å². The second-order valence-electron chi connectivity index (χ2n) is 2.39. The van der Waals surface area contributed by atoms with Gasteiger partial charge in [0.25, 0.3) is 0 Å². The molecule has 1 N–H and O–H groups in total. The standard InChI is InChI=1S/C7H13N3O/c1-6(8-2)9-7(11)5-10(3)4/h1-2,5H2,3-4H3,(H,9,11). The summed E-state index contributed by atoms with van der Waals surface area (Å²) in [7, 11) is 3.62. The van der Waals surface area contributed by atoms with Crippen molar-refractivity contribution in [2.45, 2.75) is 0 Å². The molecule has 0 saturated heterocycles. The number of nitrogens with zero attached hydrogens (tertiary/aromatic N) is 2. The van der Waals surface area contributed by atoms with Crippen molar-refractivity contribution >= 4 is 12.6 Å². The lowest BCUT2D eigenvalue weighted by molar-refractivity contribution is -0.120. The molecule has 0 radical (unpaired) electrons. The van der Waals surface area contributed by atoms with E-state index in [2.05, 4.69) is 23.6 Å². The average molecular weight is 155 g/mol. The van der Waals surface area contributed by atoms with E-state index in [1.165, 1.54) is 0 Å². The lowest BCUT2D eigenvalue weighted by Crippen LogP contribution is -2.31. The average Bonchev–Trinajstić information content (AvgIpc) is 1.85. The minimum absolute atomic E-state index is 0.132. The number of likely N-dealkylation sites (N-methyl/N-ethyl adjacent to an activating group) is 1. The number of carbonyl (C=O) groups is 1. The van der Waals surface area contributed by atoms with Gasteiger partial charge in [-0.1, -0.05) is 6.58 Å². The van der Waals surface area contributed by atoms with E-state index in [4.69, 9.17) is 0 Å². The van der Waals surface area contributed by atoms with Crippen LogP contribution >= 0.6 is 0 Å². The van der Waals surface area contributed by atoms with Crippen LogP contribution in [0, 0.1) is 0 Å². The van der Waals surface area contributed by atoms with Crippen molar-refractivity contribution in [1.82, 2.24) is 10.2 Å². The van der Waals surface area contributed by atoms with E-state index in [0.29, 0.717) is 6.54 Å². The molecule has 62 valence electrons. The van der Waals surface area contributed by atoms with Gasteiger partial charge in [0, 0.05) is 0 Å². The lowest BCUT2D eigenvalue weighted by Gasteiger charge is -2.08. The number of hydrogen-bond donors (Lipinski definition) is 1. The van der Waals surface area contributed by atoms with E-state index in [1.807, 2.05) is 14.1 Å². The normalized spacial score (nSPS) is 9.36. The van der Waals surface area contributed by atoms with Crippen LogP contribution in [0.3, 0.4) is 0 Å². The highest BCUT2D eigenvalue weighted by Crippen LogP contribution is 1.83. The van der Waals surface area contributed by atoms with E-state index >= 15 is 0 Å². The number of hydrogen-bond acceptors (Lipinski definition) is 3. The number of rotatable bonds is 4. The fraction of sp³-hybridized carbons (Fsp3) is 0.429. The van der Waals surface area contributed by atoms with Crippen LogP contribution in [-0.2, 0) is 4.79 Å². The number of carbonyl (C=O) groups excluding carboxylic acids is 1. The minimum Gasteiger partial charge on any atom is -0.310 e. The lowest BCUT2D eigenvalue weighted by atomic mass is 10.5. The largest absolute Gasteiger partial charge is 0.310 e. The summed E-state index contributed by atoms with van der Waals surface area (Å²) in [4.78, 5) is 16.1. The van der Waals surface area contributed by atoms with Gasteiger partial charge in [0.05, 0.1) is 6.54 Å². The Bertz CT molecular complexity index is 175. The Hall–Kier alpha value is -1.16. The van der Waals surface area contributed by atoms with E-state index in [0.717, 1.165) is 0 Å². The topological polar surface area (TPSA) is 44.7 Å². The minimum atomic E-state index is -0.132. The zero-order valence-electron chi connectivity index (χ0n) is 6.92. The molecule has 0 aromatic carbocycles. The van der Waals surface area contributed by atoms with Gasteiger partial charge in [-0.25, -0.2) is 4.99 Å². The van der Waals surface area contributed by atoms with Crippen molar-refractivity contribution < 1.29 is 4.79 Å². The van der Waals surface area contributed by atoms with Crippen molar-refractivity contribution in [3.8, 4) is 0 Å². The maximum Gasteiger partial charge on any atom is 0.239 e. The molecule has 1 amide bonds. The molecule has 0 saturated carbocycles. The second kappa shape index (κ2) is 4.62. The fourth-order valence-electron chi connectivity index (χ4n) is 0.527. The Morgan fingerprint density at radius 1 is 1.64 bits per heavy atom. The monoisotopic (exact) mass is 155 g/mol. The smallest absolute Gasteiger partial charge is 0.239 e. The van der Waals surface area contributed by atoms with Crippen LogP contribution in [0.5, 0.6) is 0 Å². The molecule has 0 aliphatic carbocycles. The van der Waals surface area contributed by atoms with Crippen LogP contribution in [0.15, 0.2) is 17.4 Å². The Morgan fingerprint density at radius 3 is 2.55 bits per heavy atom. The van der Waals surface area contributed by atoms with Crippen LogP contribution in [0.25, 0.3) is 0 Å². The van der Waals surface area contributed by atoms with Gasteiger partial charge in [-0.05, 0) is 20.8 Å². The molecular formula is C7H13N3O. The van der Waals surface area contributed by atoms with E-state index in [9.17, 15) is 4.79 Å². The van der Waals surface area contributed by atoms with Gasteiger partial charge in [0.2, 0.25) is 5.91 Å².